The number of methoxy groups -OCH3 is 1. The number of nitrogens with one attached hydrogen (secondary N) is 1. The van der Waals surface area contributed by atoms with Gasteiger partial charge >= 0.3 is 0 Å². The predicted octanol–water partition coefficient (Wildman–Crippen LogP) is 3.78. The number of aryl methyl sites for hydroxylation is 1. The molecular weight excluding hydrogens is 366 g/mol. The number of benzene rings is 1. The second-order valence-electron chi connectivity index (χ2n) is 7.68. The number of hydrogen-bond donors (Lipinski definition) is 3. The minimum Gasteiger partial charge on any atom is -0.494 e. The smallest absolute Gasteiger partial charge is 0.144 e. The maximum absolute atomic E-state index is 10.6. The molecule has 0 bridgehead atoms. The second kappa shape index (κ2) is 8.96. The first-order valence-electron chi connectivity index (χ1n) is 9.45. The zero-order chi connectivity index (χ0) is 21.8. The first kappa shape index (κ1) is 22.2. The molecule has 0 aliphatic rings. The fourth-order valence-electron chi connectivity index (χ4n) is 2.95. The number of aliphatic hydroxyl groups is 1. The molecule has 4 N–H and O–H groups in total. The third-order valence-corrected chi connectivity index (χ3v) is 4.36. The fourth-order valence-corrected chi connectivity index (χ4v) is 2.95. The van der Waals surface area contributed by atoms with E-state index in [2.05, 4.69) is 21.9 Å². The van der Waals surface area contributed by atoms with E-state index in [1.807, 2.05) is 49.7 Å². The van der Waals surface area contributed by atoms with Gasteiger partial charge in [0, 0.05) is 18.0 Å². The van der Waals surface area contributed by atoms with E-state index in [4.69, 9.17) is 10.5 Å². The van der Waals surface area contributed by atoms with Gasteiger partial charge in [0.1, 0.15) is 17.2 Å². The van der Waals surface area contributed by atoms with Crippen LogP contribution in [0.4, 0.5) is 5.69 Å². The average molecular weight is 398 g/mol. The number of aromatic nitrogens is 2. The predicted molar refractivity (Wildman–Crippen MR) is 118 cm³/mol. The molecule has 7 heteroatoms. The zero-order valence-electron chi connectivity index (χ0n) is 18.0. The highest BCUT2D eigenvalue weighted by atomic mass is 16.5. The molecule has 0 amide bonds. The van der Waals surface area contributed by atoms with E-state index in [1.165, 1.54) is 6.20 Å². The van der Waals surface area contributed by atoms with Crippen LogP contribution in [0.15, 0.2) is 59.9 Å². The van der Waals surface area contributed by atoms with Crippen molar-refractivity contribution in [2.24, 2.45) is 16.6 Å². The molecule has 0 aliphatic heterocycles. The van der Waals surface area contributed by atoms with Crippen LogP contribution in [0.3, 0.4) is 0 Å². The van der Waals surface area contributed by atoms with E-state index in [0.717, 1.165) is 22.6 Å². The largest absolute Gasteiger partial charge is 0.494 e. The third kappa shape index (κ3) is 5.48. The van der Waals surface area contributed by atoms with Gasteiger partial charge in [-0.05, 0) is 50.6 Å². The molecule has 29 heavy (non-hydrogen) atoms. The number of nitrogens with two attached hydrogens (primary N) is 1. The van der Waals surface area contributed by atoms with Crippen LogP contribution in [0.2, 0.25) is 0 Å². The number of rotatable bonds is 8. The van der Waals surface area contributed by atoms with Crippen LogP contribution < -0.4 is 15.8 Å². The lowest BCUT2D eigenvalue weighted by atomic mass is 9.89. The average Bonchev–Trinajstić information content (AvgIpc) is 3.06. The first-order valence-corrected chi connectivity index (χ1v) is 9.45. The molecule has 1 aromatic carbocycles. The minimum absolute atomic E-state index is 0.107. The SMILES string of the molecule is C=C(/N=C(\C(=C/N)C(C)C)C(C)(C)O)Nc1ccc(-n2cnc(C)c2)c(OC)c1. The van der Waals surface area contributed by atoms with E-state index in [1.54, 1.807) is 27.3 Å². The summed E-state index contributed by atoms with van der Waals surface area (Å²) in [5.74, 6) is 1.17. The lowest BCUT2D eigenvalue weighted by molar-refractivity contribution is 0.153. The Morgan fingerprint density at radius 1 is 1.41 bits per heavy atom. The molecule has 0 fully saturated rings. The van der Waals surface area contributed by atoms with Gasteiger partial charge in [-0.25, -0.2) is 9.98 Å². The molecule has 0 spiro atoms. The first-order chi connectivity index (χ1) is 13.6. The topological polar surface area (TPSA) is 97.7 Å². The number of anilines is 1. The highest BCUT2D eigenvalue weighted by Gasteiger charge is 2.26. The summed E-state index contributed by atoms with van der Waals surface area (Å²) in [7, 11) is 1.62. The van der Waals surface area contributed by atoms with E-state index < -0.39 is 5.60 Å². The Bertz CT molecular complexity index is 933. The number of hydrogen-bond acceptors (Lipinski definition) is 6. The van der Waals surface area contributed by atoms with E-state index in [9.17, 15) is 5.11 Å². The zero-order valence-corrected chi connectivity index (χ0v) is 18.0. The number of ether oxygens (including phenoxy) is 1. The summed E-state index contributed by atoms with van der Waals surface area (Å²) in [4.78, 5) is 8.79. The molecule has 0 aliphatic carbocycles. The van der Waals surface area contributed by atoms with Crippen LogP contribution >= 0.6 is 0 Å². The van der Waals surface area contributed by atoms with E-state index in [0.29, 0.717) is 17.3 Å². The van der Waals surface area contributed by atoms with Crippen molar-refractivity contribution in [1.82, 2.24) is 9.55 Å². The lowest BCUT2D eigenvalue weighted by Gasteiger charge is -2.25. The summed E-state index contributed by atoms with van der Waals surface area (Å²) >= 11 is 0. The molecule has 7 nitrogen and oxygen atoms in total. The molecule has 0 atom stereocenters. The van der Waals surface area contributed by atoms with Gasteiger partial charge in [0.05, 0.1) is 30.5 Å². The standard InChI is InChI=1S/C22H31N5O2/c1-14(2)18(11-23)21(22(5,6)28)26-16(4)25-17-8-9-19(20(10-17)29-7)27-12-15(3)24-13-27/h8-14,25,28H,4,23H2,1-3,5-7H3/b18-11-,26-21+. The Labute approximate surface area is 172 Å². The maximum atomic E-state index is 10.6. The van der Waals surface area contributed by atoms with Crippen molar-refractivity contribution in [3.05, 3.63) is 60.6 Å². The molecular formula is C22H31N5O2. The summed E-state index contributed by atoms with van der Waals surface area (Å²) in [6.07, 6.45) is 5.15. The van der Waals surface area contributed by atoms with Gasteiger partial charge in [-0.1, -0.05) is 20.4 Å². The molecule has 2 aromatic rings. The molecule has 0 unspecified atom stereocenters. The van der Waals surface area contributed by atoms with Crippen LogP contribution in [-0.4, -0.2) is 33.1 Å². The second-order valence-corrected chi connectivity index (χ2v) is 7.68. The monoisotopic (exact) mass is 397 g/mol. The Morgan fingerprint density at radius 3 is 2.59 bits per heavy atom. The number of nitrogens with zero attached hydrogens (tertiary/aromatic N) is 3. The van der Waals surface area contributed by atoms with Crippen molar-refractivity contribution < 1.29 is 9.84 Å². The van der Waals surface area contributed by atoms with Gasteiger partial charge in [0.25, 0.3) is 0 Å². The highest BCUT2D eigenvalue weighted by molar-refractivity contribution is 6.06. The minimum atomic E-state index is -1.17. The highest BCUT2D eigenvalue weighted by Crippen LogP contribution is 2.28. The Balaban J connectivity index is 2.32. The molecule has 2 rings (SSSR count). The Hall–Kier alpha value is -3.06. The molecule has 156 valence electrons. The van der Waals surface area contributed by atoms with Gasteiger partial charge in [0.15, 0.2) is 0 Å². The Morgan fingerprint density at radius 2 is 2.10 bits per heavy atom. The summed E-state index contributed by atoms with van der Waals surface area (Å²) in [5.41, 5.74) is 8.41. The van der Waals surface area contributed by atoms with Gasteiger partial charge in [0.2, 0.25) is 0 Å². The summed E-state index contributed by atoms with van der Waals surface area (Å²) in [6.45, 7) is 13.3. The van der Waals surface area contributed by atoms with E-state index >= 15 is 0 Å². The van der Waals surface area contributed by atoms with Crippen LogP contribution in [-0.2, 0) is 0 Å². The van der Waals surface area contributed by atoms with Crippen LogP contribution in [0, 0.1) is 12.8 Å². The third-order valence-electron chi connectivity index (χ3n) is 4.36. The summed E-state index contributed by atoms with van der Waals surface area (Å²) in [5, 5.41) is 13.7. The lowest BCUT2D eigenvalue weighted by Crippen LogP contribution is -2.35. The Kier molecular flexibility index (Phi) is 6.87. The maximum Gasteiger partial charge on any atom is 0.144 e. The molecule has 0 radical (unpaired) electrons. The van der Waals surface area contributed by atoms with Crippen molar-refractivity contribution in [3.8, 4) is 11.4 Å². The summed E-state index contributed by atoms with van der Waals surface area (Å²) < 4.78 is 7.43. The quantitative estimate of drug-likeness (QED) is 0.589. The fraction of sp³-hybridized carbons (Fsp3) is 0.364. The van der Waals surface area contributed by atoms with Crippen molar-refractivity contribution in [1.29, 1.82) is 0 Å². The van der Waals surface area contributed by atoms with Gasteiger partial charge in [-0.2, -0.15) is 0 Å². The van der Waals surface area contributed by atoms with Crippen molar-refractivity contribution in [3.63, 3.8) is 0 Å². The van der Waals surface area contributed by atoms with Crippen LogP contribution in [0.25, 0.3) is 5.69 Å². The van der Waals surface area contributed by atoms with E-state index in [-0.39, 0.29) is 5.92 Å². The molecule has 0 saturated heterocycles. The number of aliphatic imine (C=N–C) groups is 1. The van der Waals surface area contributed by atoms with Crippen molar-refractivity contribution in [2.75, 3.05) is 12.4 Å². The van der Waals surface area contributed by atoms with Crippen LogP contribution in [0.1, 0.15) is 33.4 Å². The van der Waals surface area contributed by atoms with Crippen LogP contribution in [0.5, 0.6) is 5.75 Å². The molecule has 0 saturated carbocycles. The van der Waals surface area contributed by atoms with Crippen molar-refractivity contribution >= 4 is 11.4 Å². The molecule has 1 aromatic heterocycles. The van der Waals surface area contributed by atoms with Gasteiger partial charge in [-0.3, -0.25) is 0 Å². The van der Waals surface area contributed by atoms with Gasteiger partial charge < -0.3 is 25.5 Å². The van der Waals surface area contributed by atoms with Crippen molar-refractivity contribution in [2.45, 2.75) is 40.2 Å². The number of imidazole rings is 1. The normalized spacial score (nSPS) is 13.0. The summed E-state index contributed by atoms with van der Waals surface area (Å²) in [6, 6.07) is 5.69. The van der Waals surface area contributed by atoms with Gasteiger partial charge in [-0.15, -0.1) is 0 Å². The molecule has 1 heterocycles.